The van der Waals surface area contributed by atoms with Gasteiger partial charge >= 0.3 is 0 Å². The molecule has 9 heteroatoms. The van der Waals surface area contributed by atoms with Crippen LogP contribution in [0.3, 0.4) is 0 Å². The Morgan fingerprint density at radius 1 is 1.25 bits per heavy atom. The Balaban J connectivity index is 1.54. The first-order chi connectivity index (χ1) is 13.4. The predicted octanol–water partition coefficient (Wildman–Crippen LogP) is 3.00. The summed E-state index contributed by atoms with van der Waals surface area (Å²) in [7, 11) is -2.03. The minimum absolute atomic E-state index is 0.0306. The number of benzene rings is 1. The summed E-state index contributed by atoms with van der Waals surface area (Å²) >= 11 is 0. The second kappa shape index (κ2) is 7.31. The largest absolute Gasteiger partial charge is 0.339 e. The lowest BCUT2D eigenvalue weighted by Gasteiger charge is -2.25. The Hall–Kier alpha value is -2.81. The molecule has 0 bridgehead atoms. The molecule has 28 heavy (non-hydrogen) atoms. The standard InChI is InChI=1S/C19H21N5O3S/c1-24-11-18(20-12-24)28(26,27)23-14-6-4-5-13(9-14)10-17-15-7-2-3-8-16(15)19(25)22-21-17/h4-6,9,11-12,17,23H,2-3,7-8,10H2,1H3. The highest BCUT2D eigenvalue weighted by Crippen LogP contribution is 2.33. The summed E-state index contributed by atoms with van der Waals surface area (Å²) in [5.74, 6) is -0.206. The van der Waals surface area contributed by atoms with Crippen LogP contribution < -0.4 is 4.72 Å². The van der Waals surface area contributed by atoms with Gasteiger partial charge < -0.3 is 4.57 Å². The van der Waals surface area contributed by atoms with Gasteiger partial charge in [-0.15, -0.1) is 5.11 Å². The Kier molecular flexibility index (Phi) is 4.84. The highest BCUT2D eigenvalue weighted by molar-refractivity contribution is 7.92. The van der Waals surface area contributed by atoms with E-state index < -0.39 is 10.0 Å². The summed E-state index contributed by atoms with van der Waals surface area (Å²) in [4.78, 5) is 15.9. The van der Waals surface area contributed by atoms with Crippen LogP contribution in [0.5, 0.6) is 0 Å². The third kappa shape index (κ3) is 3.75. The highest BCUT2D eigenvalue weighted by atomic mass is 32.2. The molecule has 4 rings (SSSR count). The monoisotopic (exact) mass is 399 g/mol. The quantitative estimate of drug-likeness (QED) is 0.834. The van der Waals surface area contributed by atoms with Crippen LogP contribution in [0, 0.1) is 0 Å². The molecule has 1 atom stereocenters. The second-order valence-electron chi connectivity index (χ2n) is 7.13. The van der Waals surface area contributed by atoms with E-state index in [2.05, 4.69) is 19.9 Å². The summed E-state index contributed by atoms with van der Waals surface area (Å²) in [6, 6.07) is 7.05. The molecule has 0 saturated carbocycles. The van der Waals surface area contributed by atoms with Crippen molar-refractivity contribution in [1.82, 2.24) is 9.55 Å². The van der Waals surface area contributed by atoms with Gasteiger partial charge in [-0.3, -0.25) is 9.52 Å². The number of carbonyl (C=O) groups excluding carboxylic acids is 1. The summed E-state index contributed by atoms with van der Waals surface area (Å²) in [6.45, 7) is 0. The molecule has 1 N–H and O–H groups in total. The van der Waals surface area contributed by atoms with Crippen molar-refractivity contribution in [2.24, 2.45) is 17.3 Å². The van der Waals surface area contributed by atoms with Crippen molar-refractivity contribution in [2.75, 3.05) is 4.72 Å². The van der Waals surface area contributed by atoms with E-state index in [1.165, 1.54) is 12.5 Å². The Labute approximate surface area is 163 Å². The number of imidazole rings is 1. The molecule has 8 nitrogen and oxygen atoms in total. The van der Waals surface area contributed by atoms with Crippen LogP contribution in [-0.2, 0) is 28.3 Å². The predicted molar refractivity (Wildman–Crippen MR) is 103 cm³/mol. The third-order valence-corrected chi connectivity index (χ3v) is 6.29. The van der Waals surface area contributed by atoms with E-state index in [0.717, 1.165) is 42.4 Å². The average Bonchev–Trinajstić information content (AvgIpc) is 3.12. The first-order valence-electron chi connectivity index (χ1n) is 9.19. The fourth-order valence-electron chi connectivity index (χ4n) is 3.68. The van der Waals surface area contributed by atoms with Crippen LogP contribution in [0.1, 0.15) is 31.2 Å². The van der Waals surface area contributed by atoms with E-state index in [-0.39, 0.29) is 17.0 Å². The Morgan fingerprint density at radius 2 is 2.07 bits per heavy atom. The molecule has 2 aliphatic rings. The first kappa shape index (κ1) is 18.5. The molecule has 2 aromatic rings. The lowest BCUT2D eigenvalue weighted by Crippen LogP contribution is -2.23. The van der Waals surface area contributed by atoms with E-state index in [1.54, 1.807) is 29.8 Å². The molecule has 0 radical (unpaired) electrons. The van der Waals surface area contributed by atoms with E-state index in [1.807, 2.05) is 6.07 Å². The van der Waals surface area contributed by atoms with Crippen LogP contribution in [0.4, 0.5) is 5.69 Å². The van der Waals surface area contributed by atoms with Crippen LogP contribution in [0.25, 0.3) is 0 Å². The number of carbonyl (C=O) groups is 1. The van der Waals surface area contributed by atoms with Crippen LogP contribution in [0.15, 0.2) is 63.2 Å². The van der Waals surface area contributed by atoms with Gasteiger partial charge in [0.2, 0.25) is 0 Å². The lowest BCUT2D eigenvalue weighted by molar-refractivity contribution is -0.115. The fraction of sp³-hybridized carbons (Fsp3) is 0.368. The number of hydrogen-bond acceptors (Lipinski definition) is 5. The van der Waals surface area contributed by atoms with Crippen LogP contribution in [-0.4, -0.2) is 29.9 Å². The number of hydrogen-bond donors (Lipinski definition) is 1. The molecule has 2 heterocycles. The third-order valence-electron chi connectivity index (χ3n) is 5.02. The van der Waals surface area contributed by atoms with Gasteiger partial charge in [0.05, 0.1) is 12.4 Å². The second-order valence-corrected chi connectivity index (χ2v) is 8.76. The van der Waals surface area contributed by atoms with Crippen molar-refractivity contribution in [3.05, 3.63) is 53.5 Å². The van der Waals surface area contributed by atoms with Gasteiger partial charge in [-0.1, -0.05) is 12.1 Å². The number of rotatable bonds is 5. The lowest BCUT2D eigenvalue weighted by atomic mass is 9.84. The van der Waals surface area contributed by atoms with E-state index in [0.29, 0.717) is 12.1 Å². The summed E-state index contributed by atoms with van der Waals surface area (Å²) in [5, 5.41) is 8.00. The summed E-state index contributed by atoms with van der Waals surface area (Å²) < 4.78 is 29.1. The summed E-state index contributed by atoms with van der Waals surface area (Å²) in [6.07, 6.45) is 7.18. The van der Waals surface area contributed by atoms with Crippen molar-refractivity contribution in [1.29, 1.82) is 0 Å². The number of amides is 1. The van der Waals surface area contributed by atoms with Crippen LogP contribution in [0.2, 0.25) is 0 Å². The maximum absolute atomic E-state index is 12.5. The van der Waals surface area contributed by atoms with E-state index in [9.17, 15) is 13.2 Å². The zero-order valence-corrected chi connectivity index (χ0v) is 16.3. The number of azo groups is 1. The highest BCUT2D eigenvalue weighted by Gasteiger charge is 2.29. The zero-order chi connectivity index (χ0) is 19.7. The minimum atomic E-state index is -3.75. The molecular formula is C19H21N5O3S. The maximum Gasteiger partial charge on any atom is 0.291 e. The van der Waals surface area contributed by atoms with Gasteiger partial charge in [0.1, 0.15) is 0 Å². The van der Waals surface area contributed by atoms with Gasteiger partial charge in [-0.05, 0) is 49.0 Å². The van der Waals surface area contributed by atoms with Crippen molar-refractivity contribution < 1.29 is 13.2 Å². The first-order valence-corrected chi connectivity index (χ1v) is 10.7. The molecule has 1 aromatic carbocycles. The summed E-state index contributed by atoms with van der Waals surface area (Å²) in [5.41, 5.74) is 3.30. The van der Waals surface area contributed by atoms with Crippen molar-refractivity contribution >= 4 is 21.6 Å². The zero-order valence-electron chi connectivity index (χ0n) is 15.5. The number of aryl methyl sites for hydroxylation is 1. The topological polar surface area (TPSA) is 106 Å². The number of nitrogens with zero attached hydrogens (tertiary/aromatic N) is 4. The fourth-order valence-corrected chi connectivity index (χ4v) is 4.71. The minimum Gasteiger partial charge on any atom is -0.339 e. The molecule has 1 unspecified atom stereocenters. The maximum atomic E-state index is 12.5. The van der Waals surface area contributed by atoms with Gasteiger partial charge in [0, 0.05) is 30.9 Å². The molecule has 0 spiro atoms. The SMILES string of the molecule is Cn1cnc(S(=O)(=O)Nc2cccc(CC3N=NC(=O)C4=C3CCCC4)c2)c1. The van der Waals surface area contributed by atoms with Crippen molar-refractivity contribution in [2.45, 2.75) is 43.2 Å². The van der Waals surface area contributed by atoms with E-state index in [4.69, 9.17) is 0 Å². The Morgan fingerprint density at radius 3 is 2.86 bits per heavy atom. The van der Waals surface area contributed by atoms with Gasteiger partial charge in [0.15, 0.2) is 5.03 Å². The molecule has 1 aromatic heterocycles. The number of aromatic nitrogens is 2. The molecule has 1 amide bonds. The number of anilines is 1. The normalized spacial score (nSPS) is 19.6. The van der Waals surface area contributed by atoms with Gasteiger partial charge in [-0.2, -0.15) is 13.5 Å². The molecule has 146 valence electrons. The van der Waals surface area contributed by atoms with Crippen LogP contribution >= 0.6 is 0 Å². The van der Waals surface area contributed by atoms with Crippen molar-refractivity contribution in [3.63, 3.8) is 0 Å². The molecule has 1 aliphatic heterocycles. The number of nitrogens with one attached hydrogen (secondary N) is 1. The van der Waals surface area contributed by atoms with Crippen molar-refractivity contribution in [3.8, 4) is 0 Å². The average molecular weight is 399 g/mol. The molecular weight excluding hydrogens is 378 g/mol. The van der Waals surface area contributed by atoms with Gasteiger partial charge in [-0.25, -0.2) is 4.98 Å². The van der Waals surface area contributed by atoms with Gasteiger partial charge in [0.25, 0.3) is 15.9 Å². The number of sulfonamides is 1. The molecule has 0 saturated heterocycles. The Bertz CT molecular complexity index is 1080. The van der Waals surface area contributed by atoms with E-state index >= 15 is 0 Å². The smallest absolute Gasteiger partial charge is 0.291 e. The molecule has 0 fully saturated rings. The molecule has 1 aliphatic carbocycles.